The van der Waals surface area contributed by atoms with Crippen LogP contribution in [-0.4, -0.2) is 41.5 Å². The molecular formula is C16H19N7O. The van der Waals surface area contributed by atoms with Crippen molar-refractivity contribution in [3.63, 3.8) is 0 Å². The number of aryl methyl sites for hydroxylation is 4. The van der Waals surface area contributed by atoms with Crippen molar-refractivity contribution in [2.45, 2.75) is 39.3 Å². The number of carbonyl (C=O) groups is 1. The number of pyridine rings is 1. The second kappa shape index (κ2) is 5.40. The van der Waals surface area contributed by atoms with Crippen molar-refractivity contribution in [1.29, 1.82) is 0 Å². The molecule has 0 aromatic carbocycles. The summed E-state index contributed by atoms with van der Waals surface area (Å²) in [5.41, 5.74) is 2.22. The number of fused-ring (bicyclic) bond motifs is 2. The van der Waals surface area contributed by atoms with E-state index in [9.17, 15) is 4.79 Å². The van der Waals surface area contributed by atoms with E-state index in [2.05, 4.69) is 30.2 Å². The summed E-state index contributed by atoms with van der Waals surface area (Å²) in [4.78, 5) is 17.0. The monoisotopic (exact) mass is 325 g/mol. The van der Waals surface area contributed by atoms with E-state index in [0.717, 1.165) is 41.2 Å². The molecule has 0 saturated heterocycles. The number of nitrogens with one attached hydrogen (secondary N) is 1. The van der Waals surface area contributed by atoms with Crippen LogP contribution in [0.5, 0.6) is 0 Å². The van der Waals surface area contributed by atoms with Gasteiger partial charge in [0.25, 0.3) is 5.91 Å². The van der Waals surface area contributed by atoms with Gasteiger partial charge in [-0.3, -0.25) is 9.48 Å². The van der Waals surface area contributed by atoms with Crippen LogP contribution in [0.2, 0.25) is 0 Å². The van der Waals surface area contributed by atoms with Gasteiger partial charge in [-0.1, -0.05) is 0 Å². The predicted molar refractivity (Wildman–Crippen MR) is 87.6 cm³/mol. The Morgan fingerprint density at radius 1 is 1.33 bits per heavy atom. The lowest BCUT2D eigenvalue weighted by Gasteiger charge is -2.24. The number of amides is 1. The number of aromatic nitrogens is 6. The summed E-state index contributed by atoms with van der Waals surface area (Å²) in [6.07, 6.45) is 3.30. The highest BCUT2D eigenvalue weighted by Gasteiger charge is 2.23. The Bertz CT molecular complexity index is 939. The van der Waals surface area contributed by atoms with Crippen LogP contribution in [0, 0.1) is 13.8 Å². The van der Waals surface area contributed by atoms with Crippen molar-refractivity contribution in [3.05, 3.63) is 35.2 Å². The van der Waals surface area contributed by atoms with Crippen LogP contribution in [0.15, 0.2) is 12.3 Å². The molecule has 0 unspecified atom stereocenters. The lowest BCUT2D eigenvalue weighted by molar-refractivity contribution is 0.0927. The molecule has 3 aromatic heterocycles. The van der Waals surface area contributed by atoms with Gasteiger partial charge in [-0.15, -0.1) is 10.2 Å². The lowest BCUT2D eigenvalue weighted by atomic mass is 10.1. The molecule has 0 spiro atoms. The quantitative estimate of drug-likeness (QED) is 0.756. The zero-order chi connectivity index (χ0) is 16.8. The van der Waals surface area contributed by atoms with Crippen LogP contribution >= 0.6 is 0 Å². The Morgan fingerprint density at radius 2 is 2.17 bits per heavy atom. The van der Waals surface area contributed by atoms with Gasteiger partial charge in [0.2, 0.25) is 0 Å². The molecule has 8 heteroatoms. The normalized spacial score (nSPS) is 17.0. The first kappa shape index (κ1) is 14.8. The Balaban J connectivity index is 1.54. The molecule has 1 atom stereocenters. The average molecular weight is 325 g/mol. The van der Waals surface area contributed by atoms with Crippen molar-refractivity contribution < 1.29 is 4.79 Å². The van der Waals surface area contributed by atoms with Gasteiger partial charge in [0.1, 0.15) is 11.6 Å². The van der Waals surface area contributed by atoms with Crippen LogP contribution in [0.3, 0.4) is 0 Å². The SMILES string of the molecule is Cc1nn(C)c2ncc(C(=O)N[C@@H]3CCc4nnc(C)n4C3)cc12. The highest BCUT2D eigenvalue weighted by Crippen LogP contribution is 2.18. The molecule has 1 aliphatic heterocycles. The van der Waals surface area contributed by atoms with E-state index in [1.165, 1.54) is 0 Å². The molecule has 4 heterocycles. The first-order valence-electron chi connectivity index (χ1n) is 8.02. The van der Waals surface area contributed by atoms with Gasteiger partial charge in [-0.05, 0) is 26.3 Å². The standard InChI is InChI=1S/C16H19N7O/c1-9-13-6-11(7-17-15(13)22(3)21-9)16(24)18-12-4-5-14-20-19-10(2)23(14)8-12/h6-7,12H,4-5,8H2,1-3H3,(H,18,24)/t12-/m1/s1. The van der Waals surface area contributed by atoms with Crippen LogP contribution < -0.4 is 5.32 Å². The molecular weight excluding hydrogens is 306 g/mol. The molecule has 0 bridgehead atoms. The van der Waals surface area contributed by atoms with Gasteiger partial charge in [0.15, 0.2) is 5.65 Å². The van der Waals surface area contributed by atoms with Crippen LogP contribution in [0.4, 0.5) is 0 Å². The first-order chi connectivity index (χ1) is 11.5. The van der Waals surface area contributed by atoms with E-state index < -0.39 is 0 Å². The molecule has 0 radical (unpaired) electrons. The van der Waals surface area contributed by atoms with E-state index in [1.807, 2.05) is 27.0 Å². The van der Waals surface area contributed by atoms with Gasteiger partial charge < -0.3 is 9.88 Å². The fourth-order valence-electron chi connectivity index (χ4n) is 3.28. The molecule has 24 heavy (non-hydrogen) atoms. The number of carbonyl (C=O) groups excluding carboxylic acids is 1. The molecule has 1 aliphatic rings. The Labute approximate surface area is 138 Å². The van der Waals surface area contributed by atoms with Gasteiger partial charge in [-0.2, -0.15) is 5.10 Å². The molecule has 3 aromatic rings. The third-order valence-corrected chi connectivity index (χ3v) is 4.59. The average Bonchev–Trinajstić information content (AvgIpc) is 3.08. The Hall–Kier alpha value is -2.77. The van der Waals surface area contributed by atoms with E-state index in [0.29, 0.717) is 12.1 Å². The molecule has 0 fully saturated rings. The maximum Gasteiger partial charge on any atom is 0.253 e. The molecule has 1 amide bonds. The third-order valence-electron chi connectivity index (χ3n) is 4.59. The Morgan fingerprint density at radius 3 is 3.00 bits per heavy atom. The fraction of sp³-hybridized carbons (Fsp3) is 0.438. The van der Waals surface area contributed by atoms with Crippen molar-refractivity contribution in [3.8, 4) is 0 Å². The highest BCUT2D eigenvalue weighted by atomic mass is 16.1. The summed E-state index contributed by atoms with van der Waals surface area (Å²) in [6.45, 7) is 4.56. The highest BCUT2D eigenvalue weighted by molar-refractivity contribution is 5.97. The molecule has 0 saturated carbocycles. The molecule has 124 valence electrons. The van der Waals surface area contributed by atoms with Crippen LogP contribution in [0.1, 0.15) is 34.1 Å². The zero-order valence-corrected chi connectivity index (χ0v) is 13.9. The number of nitrogens with zero attached hydrogens (tertiary/aromatic N) is 6. The first-order valence-corrected chi connectivity index (χ1v) is 8.02. The van der Waals surface area contributed by atoms with E-state index in [4.69, 9.17) is 0 Å². The summed E-state index contributed by atoms with van der Waals surface area (Å²) in [5.74, 6) is 1.77. The van der Waals surface area contributed by atoms with Crippen molar-refractivity contribution >= 4 is 16.9 Å². The summed E-state index contributed by atoms with van der Waals surface area (Å²) >= 11 is 0. The predicted octanol–water partition coefficient (Wildman–Crippen LogP) is 0.921. The smallest absolute Gasteiger partial charge is 0.253 e. The van der Waals surface area contributed by atoms with Crippen molar-refractivity contribution in [2.75, 3.05) is 0 Å². The topological polar surface area (TPSA) is 90.5 Å². The van der Waals surface area contributed by atoms with E-state index in [1.54, 1.807) is 10.9 Å². The summed E-state index contributed by atoms with van der Waals surface area (Å²) < 4.78 is 3.80. The molecule has 8 nitrogen and oxygen atoms in total. The van der Waals surface area contributed by atoms with E-state index >= 15 is 0 Å². The minimum absolute atomic E-state index is 0.0744. The number of rotatable bonds is 2. The van der Waals surface area contributed by atoms with Gasteiger partial charge in [-0.25, -0.2) is 4.98 Å². The molecule has 0 aliphatic carbocycles. The van der Waals surface area contributed by atoms with Crippen molar-refractivity contribution in [1.82, 2.24) is 34.8 Å². The zero-order valence-electron chi connectivity index (χ0n) is 13.9. The van der Waals surface area contributed by atoms with Gasteiger partial charge in [0, 0.05) is 37.6 Å². The van der Waals surface area contributed by atoms with Gasteiger partial charge in [0.05, 0.1) is 11.3 Å². The van der Waals surface area contributed by atoms with Crippen LogP contribution in [-0.2, 0) is 20.0 Å². The minimum atomic E-state index is -0.105. The van der Waals surface area contributed by atoms with Crippen LogP contribution in [0.25, 0.3) is 11.0 Å². The second-order valence-corrected chi connectivity index (χ2v) is 6.29. The lowest BCUT2D eigenvalue weighted by Crippen LogP contribution is -2.41. The summed E-state index contributed by atoms with van der Waals surface area (Å²) in [5, 5.41) is 16.6. The Kier molecular flexibility index (Phi) is 3.33. The van der Waals surface area contributed by atoms with Crippen molar-refractivity contribution in [2.24, 2.45) is 7.05 Å². The second-order valence-electron chi connectivity index (χ2n) is 6.29. The molecule has 4 rings (SSSR count). The number of hydrogen-bond acceptors (Lipinski definition) is 5. The van der Waals surface area contributed by atoms with E-state index in [-0.39, 0.29) is 11.9 Å². The summed E-state index contributed by atoms with van der Waals surface area (Å²) in [7, 11) is 1.85. The maximum absolute atomic E-state index is 12.6. The summed E-state index contributed by atoms with van der Waals surface area (Å²) in [6, 6.07) is 1.93. The van der Waals surface area contributed by atoms with Gasteiger partial charge >= 0.3 is 0 Å². The molecule has 1 N–H and O–H groups in total. The third kappa shape index (κ3) is 2.34. The largest absolute Gasteiger partial charge is 0.347 e. The fourth-order valence-corrected chi connectivity index (χ4v) is 3.28. The number of hydrogen-bond donors (Lipinski definition) is 1. The maximum atomic E-state index is 12.6. The minimum Gasteiger partial charge on any atom is -0.347 e.